The summed E-state index contributed by atoms with van der Waals surface area (Å²) >= 11 is 3.51. The average Bonchev–Trinajstić information content (AvgIpc) is 2.64. The van der Waals surface area contributed by atoms with Crippen molar-refractivity contribution in [2.24, 2.45) is 0 Å². The van der Waals surface area contributed by atoms with E-state index in [2.05, 4.69) is 16.2 Å². The maximum absolute atomic E-state index is 10.7. The van der Waals surface area contributed by atoms with Crippen LogP contribution >= 0.6 is 23.1 Å². The molecular formula is C9H12O2S2. The predicted molar refractivity (Wildman–Crippen MR) is 57.1 cm³/mol. The van der Waals surface area contributed by atoms with Crippen LogP contribution < -0.4 is 0 Å². The molecule has 72 valence electrons. The van der Waals surface area contributed by atoms with Crippen LogP contribution in [0.1, 0.15) is 11.3 Å². The highest BCUT2D eigenvalue weighted by Crippen LogP contribution is 2.17. The van der Waals surface area contributed by atoms with Crippen LogP contribution in [-0.4, -0.2) is 18.8 Å². The predicted octanol–water partition coefficient (Wildman–Crippen LogP) is 2.54. The van der Waals surface area contributed by atoms with Gasteiger partial charge in [-0.2, -0.15) is 11.8 Å². The number of ether oxygens (including phenoxy) is 1. The zero-order valence-corrected chi connectivity index (χ0v) is 9.12. The molecule has 0 aliphatic carbocycles. The third kappa shape index (κ3) is 4.33. The number of esters is 1. The lowest BCUT2D eigenvalue weighted by Gasteiger charge is -1.98. The van der Waals surface area contributed by atoms with E-state index in [4.69, 9.17) is 0 Å². The minimum Gasteiger partial charge on any atom is -0.469 e. The number of rotatable bonds is 5. The highest BCUT2D eigenvalue weighted by atomic mass is 32.2. The Hall–Kier alpha value is -0.480. The quantitative estimate of drug-likeness (QED) is 0.559. The van der Waals surface area contributed by atoms with E-state index >= 15 is 0 Å². The van der Waals surface area contributed by atoms with Crippen molar-refractivity contribution in [3.05, 3.63) is 22.4 Å². The van der Waals surface area contributed by atoms with Gasteiger partial charge in [-0.3, -0.25) is 4.79 Å². The Balaban J connectivity index is 2.05. The molecule has 1 aromatic rings. The summed E-state index contributed by atoms with van der Waals surface area (Å²) in [5.74, 6) is 1.71. The van der Waals surface area contributed by atoms with Crippen molar-refractivity contribution in [2.45, 2.75) is 12.2 Å². The number of thiophene rings is 1. The second kappa shape index (κ2) is 6.05. The van der Waals surface area contributed by atoms with Crippen LogP contribution in [0, 0.1) is 0 Å². The Morgan fingerprint density at radius 1 is 1.69 bits per heavy atom. The van der Waals surface area contributed by atoms with Crippen molar-refractivity contribution < 1.29 is 9.53 Å². The van der Waals surface area contributed by atoms with Gasteiger partial charge in [0.25, 0.3) is 0 Å². The molecule has 1 rings (SSSR count). The minimum atomic E-state index is -0.126. The van der Waals surface area contributed by atoms with E-state index in [0.717, 1.165) is 11.5 Å². The van der Waals surface area contributed by atoms with Crippen LogP contribution in [0.25, 0.3) is 0 Å². The van der Waals surface area contributed by atoms with E-state index in [1.165, 1.54) is 12.0 Å². The monoisotopic (exact) mass is 216 g/mol. The van der Waals surface area contributed by atoms with Crippen molar-refractivity contribution in [1.82, 2.24) is 0 Å². The van der Waals surface area contributed by atoms with Gasteiger partial charge in [0.1, 0.15) is 0 Å². The molecule has 0 aromatic carbocycles. The van der Waals surface area contributed by atoms with Crippen molar-refractivity contribution in [3.63, 3.8) is 0 Å². The molecule has 0 saturated carbocycles. The van der Waals surface area contributed by atoms with E-state index in [0.29, 0.717) is 6.42 Å². The Morgan fingerprint density at radius 3 is 3.15 bits per heavy atom. The van der Waals surface area contributed by atoms with Gasteiger partial charge in [0.05, 0.1) is 13.5 Å². The van der Waals surface area contributed by atoms with Crippen LogP contribution in [0.5, 0.6) is 0 Å². The summed E-state index contributed by atoms with van der Waals surface area (Å²) < 4.78 is 4.54. The topological polar surface area (TPSA) is 26.3 Å². The van der Waals surface area contributed by atoms with Gasteiger partial charge in [-0.25, -0.2) is 0 Å². The first-order valence-corrected chi connectivity index (χ1v) is 6.03. The molecule has 0 radical (unpaired) electrons. The number of carbonyl (C=O) groups excluding carboxylic acids is 1. The zero-order chi connectivity index (χ0) is 9.52. The van der Waals surface area contributed by atoms with Crippen LogP contribution in [0.3, 0.4) is 0 Å². The number of carbonyl (C=O) groups is 1. The highest BCUT2D eigenvalue weighted by Gasteiger charge is 2.00. The summed E-state index contributed by atoms with van der Waals surface area (Å²) in [6.45, 7) is 0. The molecule has 2 nitrogen and oxygen atoms in total. The van der Waals surface area contributed by atoms with Gasteiger partial charge in [-0.1, -0.05) is 6.07 Å². The smallest absolute Gasteiger partial charge is 0.306 e. The lowest BCUT2D eigenvalue weighted by atomic mass is 10.5. The highest BCUT2D eigenvalue weighted by molar-refractivity contribution is 7.98. The van der Waals surface area contributed by atoms with Gasteiger partial charge < -0.3 is 4.74 Å². The van der Waals surface area contributed by atoms with Crippen LogP contribution in [0.4, 0.5) is 0 Å². The summed E-state index contributed by atoms with van der Waals surface area (Å²) in [6, 6.07) is 4.15. The van der Waals surface area contributed by atoms with Gasteiger partial charge in [0, 0.05) is 16.4 Å². The Kier molecular flexibility index (Phi) is 4.93. The Morgan fingerprint density at radius 2 is 2.54 bits per heavy atom. The molecular weight excluding hydrogens is 204 g/mol. The molecule has 0 unspecified atom stereocenters. The second-order valence-corrected chi connectivity index (χ2v) is 4.60. The Labute approximate surface area is 86.3 Å². The van der Waals surface area contributed by atoms with Crippen molar-refractivity contribution in [3.8, 4) is 0 Å². The summed E-state index contributed by atoms with van der Waals surface area (Å²) in [6.07, 6.45) is 0.506. The van der Waals surface area contributed by atoms with Crippen LogP contribution in [0.2, 0.25) is 0 Å². The lowest BCUT2D eigenvalue weighted by Crippen LogP contribution is -2.00. The van der Waals surface area contributed by atoms with Gasteiger partial charge in [-0.15, -0.1) is 11.3 Å². The standard InChI is InChI=1S/C9H12O2S2/c1-11-9(10)4-6-12-7-8-3-2-5-13-8/h2-3,5H,4,6-7H2,1H3. The fourth-order valence-corrected chi connectivity index (χ4v) is 2.59. The molecule has 1 heterocycles. The molecule has 0 aliphatic heterocycles. The zero-order valence-electron chi connectivity index (χ0n) is 7.49. The Bertz CT molecular complexity index is 244. The molecule has 0 bridgehead atoms. The molecule has 0 spiro atoms. The van der Waals surface area contributed by atoms with Crippen molar-refractivity contribution >= 4 is 29.1 Å². The van der Waals surface area contributed by atoms with Gasteiger partial charge in [0.15, 0.2) is 0 Å². The molecule has 0 saturated heterocycles. The van der Waals surface area contributed by atoms with E-state index in [1.54, 1.807) is 23.1 Å². The van der Waals surface area contributed by atoms with Crippen LogP contribution in [0.15, 0.2) is 17.5 Å². The first-order chi connectivity index (χ1) is 6.33. The van der Waals surface area contributed by atoms with Gasteiger partial charge in [-0.05, 0) is 11.4 Å². The summed E-state index contributed by atoms with van der Waals surface area (Å²) in [5.41, 5.74) is 0. The molecule has 1 aromatic heterocycles. The van der Waals surface area contributed by atoms with E-state index in [9.17, 15) is 4.79 Å². The third-order valence-electron chi connectivity index (χ3n) is 1.50. The van der Waals surface area contributed by atoms with E-state index < -0.39 is 0 Å². The fraction of sp³-hybridized carbons (Fsp3) is 0.444. The largest absolute Gasteiger partial charge is 0.469 e. The number of hydrogen-bond donors (Lipinski definition) is 0. The normalized spacial score (nSPS) is 9.92. The third-order valence-corrected chi connectivity index (χ3v) is 3.57. The maximum atomic E-state index is 10.7. The maximum Gasteiger partial charge on any atom is 0.306 e. The van der Waals surface area contributed by atoms with Gasteiger partial charge >= 0.3 is 5.97 Å². The average molecular weight is 216 g/mol. The second-order valence-electron chi connectivity index (χ2n) is 2.46. The number of thioether (sulfide) groups is 1. The molecule has 0 fully saturated rings. The van der Waals surface area contributed by atoms with Gasteiger partial charge in [0.2, 0.25) is 0 Å². The fourth-order valence-electron chi connectivity index (χ4n) is 0.825. The summed E-state index contributed by atoms with van der Waals surface area (Å²) in [5, 5.41) is 2.07. The number of hydrogen-bond acceptors (Lipinski definition) is 4. The summed E-state index contributed by atoms with van der Waals surface area (Å²) in [7, 11) is 1.42. The lowest BCUT2D eigenvalue weighted by molar-refractivity contribution is -0.140. The minimum absolute atomic E-state index is 0.126. The van der Waals surface area contributed by atoms with Crippen molar-refractivity contribution in [2.75, 3.05) is 12.9 Å². The SMILES string of the molecule is COC(=O)CCSCc1cccs1. The van der Waals surface area contributed by atoms with Crippen LogP contribution in [-0.2, 0) is 15.3 Å². The molecule has 0 N–H and O–H groups in total. The summed E-state index contributed by atoms with van der Waals surface area (Å²) in [4.78, 5) is 12.1. The van der Waals surface area contributed by atoms with Crippen molar-refractivity contribution in [1.29, 1.82) is 0 Å². The molecule has 0 amide bonds. The first-order valence-electron chi connectivity index (χ1n) is 4.00. The number of methoxy groups -OCH3 is 1. The molecule has 0 atom stereocenters. The molecule has 0 aliphatic rings. The first kappa shape index (κ1) is 10.6. The molecule has 13 heavy (non-hydrogen) atoms. The van der Waals surface area contributed by atoms with E-state index in [1.807, 2.05) is 6.07 Å². The van der Waals surface area contributed by atoms with E-state index in [-0.39, 0.29) is 5.97 Å². The molecule has 4 heteroatoms.